The molecule has 0 spiro atoms. The molecule has 4 aromatic rings. The van der Waals surface area contributed by atoms with Crippen molar-refractivity contribution in [2.24, 2.45) is 0 Å². The first-order valence-electron chi connectivity index (χ1n) is 11.1. The van der Waals surface area contributed by atoms with E-state index in [9.17, 15) is 14.4 Å². The maximum Gasteiger partial charge on any atom is 0.259 e. The number of carbonyl (C=O) groups excluding carboxylic acids is 3. The maximum absolute atomic E-state index is 13.3. The number of thioether (sulfide) groups is 1. The standard InChI is InChI=1S/C28H23ClN2O3S2/c1-16-3-7-18(8-4-16)22(32)15-35-28-23(27(34)31-21-13-11-20(29)12-14-21)24(30)26(36-28)25(33)19-9-5-17(2)6-10-19/h3-14H,15,30H2,1-2H3,(H,31,34). The highest BCUT2D eigenvalue weighted by molar-refractivity contribution is 8.01. The Morgan fingerprint density at radius 1 is 0.861 bits per heavy atom. The topological polar surface area (TPSA) is 89.3 Å². The van der Waals surface area contributed by atoms with E-state index in [1.165, 1.54) is 11.8 Å². The van der Waals surface area contributed by atoms with E-state index < -0.39 is 5.91 Å². The molecule has 182 valence electrons. The summed E-state index contributed by atoms with van der Waals surface area (Å²) >= 11 is 8.28. The zero-order valence-corrected chi connectivity index (χ0v) is 22.0. The second kappa shape index (κ2) is 11.1. The van der Waals surface area contributed by atoms with Crippen LogP contribution in [0.25, 0.3) is 0 Å². The van der Waals surface area contributed by atoms with Gasteiger partial charge in [-0.1, -0.05) is 71.3 Å². The third-order valence-corrected chi connectivity index (χ3v) is 8.20. The van der Waals surface area contributed by atoms with Gasteiger partial charge < -0.3 is 11.1 Å². The number of anilines is 2. The van der Waals surface area contributed by atoms with Crippen LogP contribution in [0, 0.1) is 13.8 Å². The minimum Gasteiger partial charge on any atom is -0.397 e. The molecule has 8 heteroatoms. The number of ketones is 2. The number of hydrogen-bond acceptors (Lipinski definition) is 6. The van der Waals surface area contributed by atoms with Gasteiger partial charge in [-0.25, -0.2) is 0 Å². The predicted molar refractivity (Wildman–Crippen MR) is 149 cm³/mol. The van der Waals surface area contributed by atoms with Crippen LogP contribution in [-0.2, 0) is 0 Å². The molecule has 1 amide bonds. The number of nitrogens with two attached hydrogens (primary N) is 1. The molecule has 1 heterocycles. The number of Topliss-reactive ketones (excluding diaryl/α,β-unsaturated/α-hetero) is 1. The van der Waals surface area contributed by atoms with Crippen molar-refractivity contribution in [3.05, 3.63) is 111 Å². The van der Waals surface area contributed by atoms with Crippen LogP contribution in [0.3, 0.4) is 0 Å². The van der Waals surface area contributed by atoms with Gasteiger partial charge in [-0.15, -0.1) is 23.1 Å². The SMILES string of the molecule is Cc1ccc(C(=O)CSc2sc(C(=O)c3ccc(C)cc3)c(N)c2C(=O)Nc2ccc(Cl)cc2)cc1. The van der Waals surface area contributed by atoms with E-state index in [0.717, 1.165) is 22.5 Å². The molecule has 0 saturated heterocycles. The molecular weight excluding hydrogens is 512 g/mol. The lowest BCUT2D eigenvalue weighted by Gasteiger charge is -2.08. The van der Waals surface area contributed by atoms with Gasteiger partial charge >= 0.3 is 0 Å². The number of benzene rings is 3. The highest BCUT2D eigenvalue weighted by Crippen LogP contribution is 2.40. The molecule has 0 atom stereocenters. The number of halogens is 1. The fraction of sp³-hybridized carbons (Fsp3) is 0.107. The van der Waals surface area contributed by atoms with Crippen molar-refractivity contribution in [2.45, 2.75) is 18.1 Å². The van der Waals surface area contributed by atoms with Crippen LogP contribution in [-0.4, -0.2) is 23.2 Å². The van der Waals surface area contributed by atoms with Gasteiger partial charge in [-0.3, -0.25) is 14.4 Å². The lowest BCUT2D eigenvalue weighted by Crippen LogP contribution is -2.15. The Bertz CT molecular complexity index is 1430. The Labute approximate surface area is 222 Å². The first-order valence-corrected chi connectivity index (χ1v) is 13.2. The summed E-state index contributed by atoms with van der Waals surface area (Å²) in [6.45, 7) is 3.89. The average Bonchev–Trinajstić information content (AvgIpc) is 3.20. The van der Waals surface area contributed by atoms with Gasteiger partial charge in [-0.2, -0.15) is 0 Å². The van der Waals surface area contributed by atoms with Crippen LogP contribution in [0.4, 0.5) is 11.4 Å². The molecule has 0 unspecified atom stereocenters. The Balaban J connectivity index is 1.65. The zero-order valence-electron chi connectivity index (χ0n) is 19.6. The van der Waals surface area contributed by atoms with E-state index in [1.54, 1.807) is 48.5 Å². The Morgan fingerprint density at radius 3 is 2.00 bits per heavy atom. The van der Waals surface area contributed by atoms with Crippen molar-refractivity contribution in [1.29, 1.82) is 0 Å². The van der Waals surface area contributed by atoms with E-state index in [4.69, 9.17) is 17.3 Å². The molecule has 36 heavy (non-hydrogen) atoms. The van der Waals surface area contributed by atoms with Gasteiger partial charge in [0.05, 0.1) is 26.1 Å². The molecule has 0 radical (unpaired) electrons. The van der Waals surface area contributed by atoms with Gasteiger partial charge in [0.2, 0.25) is 5.78 Å². The van der Waals surface area contributed by atoms with E-state index in [2.05, 4.69) is 5.32 Å². The molecular formula is C28H23ClN2O3S2. The van der Waals surface area contributed by atoms with Crippen molar-refractivity contribution >= 4 is 63.5 Å². The van der Waals surface area contributed by atoms with Crippen molar-refractivity contribution < 1.29 is 14.4 Å². The summed E-state index contributed by atoms with van der Waals surface area (Å²) in [7, 11) is 0. The first kappa shape index (κ1) is 25.7. The van der Waals surface area contributed by atoms with Crippen LogP contribution < -0.4 is 11.1 Å². The molecule has 0 aliphatic carbocycles. The number of hydrogen-bond donors (Lipinski definition) is 2. The van der Waals surface area contributed by atoms with Gasteiger partial charge in [-0.05, 0) is 38.1 Å². The third kappa shape index (κ3) is 5.87. The van der Waals surface area contributed by atoms with Crippen LogP contribution >= 0.6 is 34.7 Å². The minimum atomic E-state index is -0.459. The molecule has 0 aliphatic heterocycles. The summed E-state index contributed by atoms with van der Waals surface area (Å²) in [4.78, 5) is 39.6. The number of amides is 1. The van der Waals surface area contributed by atoms with Crippen molar-refractivity contribution in [3.8, 4) is 0 Å². The third-order valence-electron chi connectivity index (χ3n) is 5.47. The molecule has 3 N–H and O–H groups in total. The van der Waals surface area contributed by atoms with Gasteiger partial charge in [0.1, 0.15) is 0 Å². The number of rotatable bonds is 8. The maximum atomic E-state index is 13.3. The van der Waals surface area contributed by atoms with Gasteiger partial charge in [0.15, 0.2) is 5.78 Å². The van der Waals surface area contributed by atoms with Crippen molar-refractivity contribution in [3.63, 3.8) is 0 Å². The fourth-order valence-electron chi connectivity index (χ4n) is 3.42. The molecule has 1 aromatic heterocycles. The second-order valence-electron chi connectivity index (χ2n) is 8.24. The summed E-state index contributed by atoms with van der Waals surface area (Å²) in [6.07, 6.45) is 0. The van der Waals surface area contributed by atoms with Crippen LogP contribution in [0.15, 0.2) is 77.0 Å². The largest absolute Gasteiger partial charge is 0.397 e. The lowest BCUT2D eigenvalue weighted by molar-refractivity contribution is 0.101. The molecule has 0 saturated carbocycles. The van der Waals surface area contributed by atoms with Crippen LogP contribution in [0.2, 0.25) is 5.02 Å². The highest BCUT2D eigenvalue weighted by atomic mass is 35.5. The molecule has 3 aromatic carbocycles. The zero-order chi connectivity index (χ0) is 25.8. The Hall–Kier alpha value is -3.39. The van der Waals surface area contributed by atoms with Gasteiger partial charge in [0, 0.05) is 21.8 Å². The van der Waals surface area contributed by atoms with E-state index >= 15 is 0 Å². The first-order chi connectivity index (χ1) is 17.2. The summed E-state index contributed by atoms with van der Waals surface area (Å²) in [5.41, 5.74) is 10.4. The summed E-state index contributed by atoms with van der Waals surface area (Å²) in [5, 5.41) is 3.35. The number of carbonyl (C=O) groups is 3. The fourth-order valence-corrected chi connectivity index (χ4v) is 5.90. The number of thiophene rings is 1. The monoisotopic (exact) mass is 534 g/mol. The molecule has 4 rings (SSSR count). The Morgan fingerprint density at radius 2 is 1.42 bits per heavy atom. The van der Waals surface area contributed by atoms with E-state index in [1.807, 2.05) is 38.1 Å². The van der Waals surface area contributed by atoms with Crippen LogP contribution in [0.5, 0.6) is 0 Å². The lowest BCUT2D eigenvalue weighted by atomic mass is 10.1. The normalized spacial score (nSPS) is 10.8. The van der Waals surface area contributed by atoms with Gasteiger partial charge in [0.25, 0.3) is 5.91 Å². The number of nitrogens with one attached hydrogen (secondary N) is 1. The summed E-state index contributed by atoms with van der Waals surface area (Å²) < 4.78 is 0.509. The second-order valence-corrected chi connectivity index (χ2v) is 10.9. The molecule has 5 nitrogen and oxygen atoms in total. The summed E-state index contributed by atoms with van der Waals surface area (Å²) in [6, 6.07) is 21.2. The quantitative estimate of drug-likeness (QED) is 0.186. The molecule has 0 fully saturated rings. The Kier molecular flexibility index (Phi) is 7.94. The molecule has 0 bridgehead atoms. The summed E-state index contributed by atoms with van der Waals surface area (Å²) in [5.74, 6) is -0.709. The van der Waals surface area contributed by atoms with Crippen LogP contribution in [0.1, 0.15) is 47.1 Å². The van der Waals surface area contributed by atoms with Crippen molar-refractivity contribution in [2.75, 3.05) is 16.8 Å². The van der Waals surface area contributed by atoms with E-state index in [-0.39, 0.29) is 33.4 Å². The van der Waals surface area contributed by atoms with E-state index in [0.29, 0.717) is 26.0 Å². The molecule has 0 aliphatic rings. The number of nitrogen functional groups attached to an aromatic ring is 1. The minimum absolute atomic E-state index is 0.0811. The predicted octanol–water partition coefficient (Wildman–Crippen LogP) is 7.06. The highest BCUT2D eigenvalue weighted by Gasteiger charge is 2.27. The van der Waals surface area contributed by atoms with Crippen molar-refractivity contribution in [1.82, 2.24) is 0 Å². The number of aryl methyl sites for hydroxylation is 2. The smallest absolute Gasteiger partial charge is 0.259 e. The average molecular weight is 535 g/mol.